The average molecular weight is 325 g/mol. The van der Waals surface area contributed by atoms with Crippen molar-refractivity contribution in [3.05, 3.63) is 29.9 Å². The van der Waals surface area contributed by atoms with Gasteiger partial charge < -0.3 is 14.6 Å². The molecular weight excluding hydrogens is 309 g/mol. The van der Waals surface area contributed by atoms with Crippen LogP contribution in [-0.4, -0.2) is 36.1 Å². The minimum absolute atomic E-state index is 0.235. The van der Waals surface area contributed by atoms with Crippen molar-refractivity contribution in [2.75, 3.05) is 19.9 Å². The number of hydrogen-bond donors (Lipinski definition) is 1. The molecule has 0 fully saturated rings. The minimum Gasteiger partial charge on any atom is -0.453 e. The predicted molar refractivity (Wildman–Crippen MR) is 80.2 cm³/mol. The molecule has 1 amide bonds. The summed E-state index contributed by atoms with van der Waals surface area (Å²) in [6, 6.07) is 4.81. The van der Waals surface area contributed by atoms with Crippen LogP contribution in [0.2, 0.25) is 0 Å². The van der Waals surface area contributed by atoms with Crippen LogP contribution in [0.4, 0.5) is 9.18 Å². The van der Waals surface area contributed by atoms with Gasteiger partial charge in [0.25, 0.3) is 0 Å². The highest BCUT2D eigenvalue weighted by Crippen LogP contribution is 2.30. The summed E-state index contributed by atoms with van der Waals surface area (Å²) in [7, 11) is 1.30. The molecule has 1 aromatic carbocycles. The summed E-state index contributed by atoms with van der Waals surface area (Å²) in [6.07, 6.45) is 2.48. The fourth-order valence-corrected chi connectivity index (χ4v) is 2.46. The average Bonchev–Trinajstić information content (AvgIpc) is 2.99. The zero-order chi connectivity index (χ0) is 15.9. The largest absolute Gasteiger partial charge is 0.453 e. The molecule has 0 atom stereocenters. The number of rotatable bonds is 6. The standard InChI is InChI=1S/C14H16FN3O3S/c1-20-14(19)16-8-4-7-11-17-13(18-21-11)12-9(15)5-3-6-10(12)22-2/h3,5-6H,4,7-8H2,1-2H3,(H,16,19). The van der Waals surface area contributed by atoms with Crippen molar-refractivity contribution < 1.29 is 18.4 Å². The van der Waals surface area contributed by atoms with E-state index in [0.717, 1.165) is 4.90 Å². The van der Waals surface area contributed by atoms with Crippen LogP contribution in [0.5, 0.6) is 0 Å². The van der Waals surface area contributed by atoms with Gasteiger partial charge in [-0.25, -0.2) is 9.18 Å². The molecule has 0 bridgehead atoms. The number of methoxy groups -OCH3 is 1. The lowest BCUT2D eigenvalue weighted by atomic mass is 10.2. The summed E-state index contributed by atoms with van der Waals surface area (Å²) >= 11 is 1.42. The van der Waals surface area contributed by atoms with Gasteiger partial charge in [-0.05, 0) is 24.8 Å². The number of alkyl carbamates (subject to hydrolysis) is 1. The fraction of sp³-hybridized carbons (Fsp3) is 0.357. The van der Waals surface area contributed by atoms with Gasteiger partial charge in [0.15, 0.2) is 0 Å². The molecule has 118 valence electrons. The Bertz CT molecular complexity index is 648. The number of thioether (sulfide) groups is 1. The molecule has 2 rings (SSSR count). The Hall–Kier alpha value is -2.09. The zero-order valence-corrected chi connectivity index (χ0v) is 13.1. The van der Waals surface area contributed by atoms with Crippen molar-refractivity contribution in [2.45, 2.75) is 17.7 Å². The number of aryl methyl sites for hydroxylation is 1. The van der Waals surface area contributed by atoms with E-state index in [2.05, 4.69) is 20.2 Å². The molecule has 22 heavy (non-hydrogen) atoms. The Morgan fingerprint density at radius 3 is 3.05 bits per heavy atom. The number of carbonyl (C=O) groups is 1. The van der Waals surface area contributed by atoms with E-state index in [0.29, 0.717) is 30.8 Å². The van der Waals surface area contributed by atoms with Gasteiger partial charge in [0.1, 0.15) is 5.82 Å². The van der Waals surface area contributed by atoms with Crippen LogP contribution >= 0.6 is 11.8 Å². The van der Waals surface area contributed by atoms with E-state index in [-0.39, 0.29) is 11.6 Å². The molecule has 8 heteroatoms. The van der Waals surface area contributed by atoms with E-state index in [9.17, 15) is 9.18 Å². The number of carbonyl (C=O) groups excluding carboxylic acids is 1. The number of ether oxygens (including phenoxy) is 1. The first-order chi connectivity index (χ1) is 10.7. The van der Waals surface area contributed by atoms with Gasteiger partial charge >= 0.3 is 6.09 Å². The normalized spacial score (nSPS) is 10.5. The number of nitrogens with one attached hydrogen (secondary N) is 1. The van der Waals surface area contributed by atoms with Crippen molar-refractivity contribution in [3.63, 3.8) is 0 Å². The second-order valence-corrected chi connectivity index (χ2v) is 5.20. The lowest BCUT2D eigenvalue weighted by Gasteiger charge is -2.03. The van der Waals surface area contributed by atoms with Crippen molar-refractivity contribution in [1.29, 1.82) is 0 Å². The number of benzene rings is 1. The van der Waals surface area contributed by atoms with Gasteiger partial charge in [0, 0.05) is 17.9 Å². The first-order valence-electron chi connectivity index (χ1n) is 6.63. The SMILES string of the molecule is COC(=O)NCCCc1nc(-c2c(F)cccc2SC)no1. The molecule has 1 N–H and O–H groups in total. The molecule has 0 saturated heterocycles. The summed E-state index contributed by atoms with van der Waals surface area (Å²) in [4.78, 5) is 15.9. The van der Waals surface area contributed by atoms with Gasteiger partial charge in [-0.2, -0.15) is 4.98 Å². The Kier molecular flexibility index (Phi) is 5.76. The summed E-state index contributed by atoms with van der Waals surface area (Å²) in [5.41, 5.74) is 0.345. The number of aromatic nitrogens is 2. The van der Waals surface area contributed by atoms with Crippen LogP contribution in [0.1, 0.15) is 12.3 Å². The molecule has 0 aliphatic rings. The smallest absolute Gasteiger partial charge is 0.406 e. The van der Waals surface area contributed by atoms with Crippen molar-refractivity contribution >= 4 is 17.9 Å². The van der Waals surface area contributed by atoms with E-state index in [4.69, 9.17) is 4.52 Å². The van der Waals surface area contributed by atoms with Crippen LogP contribution in [0.15, 0.2) is 27.6 Å². The second-order valence-electron chi connectivity index (χ2n) is 4.35. The summed E-state index contributed by atoms with van der Waals surface area (Å²) in [5.74, 6) is 0.252. The van der Waals surface area contributed by atoms with Crippen LogP contribution in [0.25, 0.3) is 11.4 Å². The molecule has 0 unspecified atom stereocenters. The molecule has 0 saturated carbocycles. The number of halogens is 1. The summed E-state index contributed by atoms with van der Waals surface area (Å²) in [5, 5.41) is 6.39. The minimum atomic E-state index is -0.484. The Balaban J connectivity index is 2.01. The molecule has 1 heterocycles. The first-order valence-corrected chi connectivity index (χ1v) is 7.85. The number of hydrogen-bond acceptors (Lipinski definition) is 6. The lowest BCUT2D eigenvalue weighted by molar-refractivity contribution is 0.171. The highest BCUT2D eigenvalue weighted by molar-refractivity contribution is 7.98. The van der Waals surface area contributed by atoms with Gasteiger partial charge in [-0.15, -0.1) is 11.8 Å². The third-order valence-corrected chi connectivity index (χ3v) is 3.69. The van der Waals surface area contributed by atoms with Crippen molar-refractivity contribution in [2.24, 2.45) is 0 Å². The maximum Gasteiger partial charge on any atom is 0.406 e. The molecule has 1 aromatic heterocycles. The van der Waals surface area contributed by atoms with E-state index in [1.165, 1.54) is 24.9 Å². The third kappa shape index (κ3) is 3.97. The van der Waals surface area contributed by atoms with Gasteiger partial charge in [0.2, 0.25) is 11.7 Å². The van der Waals surface area contributed by atoms with E-state index in [1.807, 2.05) is 6.26 Å². The molecule has 6 nitrogen and oxygen atoms in total. The zero-order valence-electron chi connectivity index (χ0n) is 12.3. The quantitative estimate of drug-likeness (QED) is 0.650. The molecule has 0 radical (unpaired) electrons. The Morgan fingerprint density at radius 1 is 1.50 bits per heavy atom. The van der Waals surface area contributed by atoms with Crippen LogP contribution in [0.3, 0.4) is 0 Å². The number of amides is 1. The summed E-state index contributed by atoms with van der Waals surface area (Å²) in [6.45, 7) is 0.431. The predicted octanol–water partition coefficient (Wildman–Crippen LogP) is 2.89. The maximum atomic E-state index is 14.0. The Labute approximate surface area is 131 Å². The van der Waals surface area contributed by atoms with Crippen LogP contribution in [0, 0.1) is 5.82 Å². The Morgan fingerprint density at radius 2 is 2.32 bits per heavy atom. The highest BCUT2D eigenvalue weighted by atomic mass is 32.2. The fourth-order valence-electron chi connectivity index (χ4n) is 1.85. The highest BCUT2D eigenvalue weighted by Gasteiger charge is 2.16. The monoisotopic (exact) mass is 325 g/mol. The molecule has 0 aliphatic heterocycles. The summed E-state index contributed by atoms with van der Waals surface area (Å²) < 4.78 is 23.6. The second kappa shape index (κ2) is 7.79. The molecular formula is C14H16FN3O3S. The van der Waals surface area contributed by atoms with Crippen molar-refractivity contribution in [1.82, 2.24) is 15.5 Å². The number of nitrogens with zero attached hydrogens (tertiary/aromatic N) is 2. The van der Waals surface area contributed by atoms with Crippen LogP contribution in [-0.2, 0) is 11.2 Å². The molecule has 0 aliphatic carbocycles. The van der Waals surface area contributed by atoms with Crippen molar-refractivity contribution in [3.8, 4) is 11.4 Å². The third-order valence-electron chi connectivity index (χ3n) is 2.91. The van der Waals surface area contributed by atoms with E-state index < -0.39 is 6.09 Å². The van der Waals surface area contributed by atoms with Gasteiger partial charge in [-0.3, -0.25) is 0 Å². The first kappa shape index (κ1) is 16.3. The topological polar surface area (TPSA) is 77.2 Å². The van der Waals surface area contributed by atoms with E-state index >= 15 is 0 Å². The molecule has 2 aromatic rings. The van der Waals surface area contributed by atoms with E-state index in [1.54, 1.807) is 12.1 Å². The lowest BCUT2D eigenvalue weighted by Crippen LogP contribution is -2.24. The van der Waals surface area contributed by atoms with Gasteiger partial charge in [-0.1, -0.05) is 11.2 Å². The van der Waals surface area contributed by atoms with Crippen LogP contribution < -0.4 is 5.32 Å². The molecule has 0 spiro atoms. The maximum absolute atomic E-state index is 14.0. The van der Waals surface area contributed by atoms with Gasteiger partial charge in [0.05, 0.1) is 12.7 Å².